The third-order valence-corrected chi connectivity index (χ3v) is 4.30. The Bertz CT molecular complexity index is 472. The number of carbonyl (C=O) groups is 1. The summed E-state index contributed by atoms with van der Waals surface area (Å²) < 4.78 is 6.15. The van der Waals surface area contributed by atoms with Gasteiger partial charge in [0, 0.05) is 17.7 Å². The van der Waals surface area contributed by atoms with Crippen LogP contribution in [0.2, 0.25) is 13.1 Å². The van der Waals surface area contributed by atoms with Crippen LogP contribution in [0.4, 0.5) is 0 Å². The summed E-state index contributed by atoms with van der Waals surface area (Å²) in [6.45, 7) is 10.8. The Kier molecular flexibility index (Phi) is 4.45. The van der Waals surface area contributed by atoms with E-state index in [0.29, 0.717) is 0 Å². The van der Waals surface area contributed by atoms with E-state index in [-0.39, 0.29) is 23.2 Å². The van der Waals surface area contributed by atoms with Crippen LogP contribution in [-0.2, 0) is 4.43 Å². The van der Waals surface area contributed by atoms with Gasteiger partial charge in [-0.15, -0.1) is 0 Å². The van der Waals surface area contributed by atoms with E-state index in [1.807, 2.05) is 12.1 Å². The average Bonchev–Trinajstić information content (AvgIpc) is 3.18. The molecule has 1 heterocycles. The molecule has 0 amide bonds. The maximum atomic E-state index is 12.0. The van der Waals surface area contributed by atoms with Gasteiger partial charge in [0.15, 0.2) is 14.8 Å². The maximum absolute atomic E-state index is 12.0. The standard InChI is InChI=1S/C16H25NO2Si/c1-16(2,3)15(19-20(4)5)13-9-8-12(10-17-13)14(18)11-6-7-11/h8-11,15,20H,6-7H2,1-5H3. The lowest BCUT2D eigenvalue weighted by Gasteiger charge is -2.32. The van der Waals surface area contributed by atoms with E-state index in [2.05, 4.69) is 38.8 Å². The highest BCUT2D eigenvalue weighted by molar-refractivity contribution is 6.48. The van der Waals surface area contributed by atoms with Crippen LogP contribution >= 0.6 is 0 Å². The fraction of sp³-hybridized carbons (Fsp3) is 0.625. The van der Waals surface area contributed by atoms with E-state index < -0.39 is 9.04 Å². The van der Waals surface area contributed by atoms with Crippen molar-refractivity contribution < 1.29 is 9.22 Å². The van der Waals surface area contributed by atoms with Crippen LogP contribution < -0.4 is 0 Å². The molecule has 1 aromatic heterocycles. The van der Waals surface area contributed by atoms with Crippen LogP contribution in [0.5, 0.6) is 0 Å². The first-order valence-corrected chi connectivity index (χ1v) is 10.2. The summed E-state index contributed by atoms with van der Waals surface area (Å²) in [5.41, 5.74) is 1.68. The minimum absolute atomic E-state index is 0.000700. The number of ketones is 1. The van der Waals surface area contributed by atoms with Crippen LogP contribution in [0.1, 0.15) is 55.8 Å². The van der Waals surface area contributed by atoms with E-state index in [9.17, 15) is 4.79 Å². The summed E-state index contributed by atoms with van der Waals surface area (Å²) in [5, 5.41) is 0. The smallest absolute Gasteiger partial charge is 0.171 e. The monoisotopic (exact) mass is 291 g/mol. The normalized spacial score (nSPS) is 17.3. The Balaban J connectivity index is 2.19. The Hall–Kier alpha value is -1.00. The zero-order chi connectivity index (χ0) is 14.9. The molecule has 4 heteroatoms. The van der Waals surface area contributed by atoms with E-state index in [0.717, 1.165) is 24.1 Å². The molecular formula is C16H25NO2Si. The number of hydrogen-bond acceptors (Lipinski definition) is 3. The van der Waals surface area contributed by atoms with Gasteiger partial charge in [-0.05, 0) is 43.5 Å². The number of hydrogen-bond donors (Lipinski definition) is 0. The van der Waals surface area contributed by atoms with Gasteiger partial charge in [-0.25, -0.2) is 0 Å². The van der Waals surface area contributed by atoms with Crippen LogP contribution in [0.25, 0.3) is 0 Å². The summed E-state index contributed by atoms with van der Waals surface area (Å²) in [4.78, 5) is 16.5. The zero-order valence-electron chi connectivity index (χ0n) is 13.1. The van der Waals surface area contributed by atoms with E-state index in [1.54, 1.807) is 6.20 Å². The summed E-state index contributed by atoms with van der Waals surface area (Å²) >= 11 is 0. The Morgan fingerprint density at radius 3 is 2.40 bits per heavy atom. The summed E-state index contributed by atoms with van der Waals surface area (Å²) in [6, 6.07) is 3.87. The molecule has 1 atom stereocenters. The zero-order valence-corrected chi connectivity index (χ0v) is 14.3. The molecule has 1 saturated carbocycles. The lowest BCUT2D eigenvalue weighted by molar-refractivity contribution is 0.0826. The highest BCUT2D eigenvalue weighted by Gasteiger charge is 2.32. The van der Waals surface area contributed by atoms with Gasteiger partial charge in [-0.3, -0.25) is 9.78 Å². The molecule has 1 unspecified atom stereocenters. The van der Waals surface area contributed by atoms with Gasteiger partial charge in [-0.2, -0.15) is 0 Å². The van der Waals surface area contributed by atoms with Gasteiger partial charge in [0.25, 0.3) is 0 Å². The van der Waals surface area contributed by atoms with Crippen LogP contribution in [-0.4, -0.2) is 19.8 Å². The number of aromatic nitrogens is 1. The molecule has 0 aliphatic heterocycles. The van der Waals surface area contributed by atoms with Gasteiger partial charge in [0.2, 0.25) is 0 Å². The lowest BCUT2D eigenvalue weighted by atomic mass is 9.87. The number of Topliss-reactive ketones (excluding diaryl/α,β-unsaturated/α-hetero) is 1. The first-order valence-electron chi connectivity index (χ1n) is 7.44. The molecule has 0 spiro atoms. The summed E-state index contributed by atoms with van der Waals surface area (Å²) in [7, 11) is -1.14. The minimum atomic E-state index is -1.14. The second-order valence-corrected chi connectivity index (χ2v) is 9.41. The fourth-order valence-corrected chi connectivity index (χ4v) is 3.37. The predicted molar refractivity (Wildman–Crippen MR) is 83.4 cm³/mol. The molecule has 0 radical (unpaired) electrons. The molecule has 110 valence electrons. The molecule has 1 aliphatic carbocycles. The van der Waals surface area contributed by atoms with Crippen LogP contribution in [0.15, 0.2) is 18.3 Å². The predicted octanol–water partition coefficient (Wildman–Crippen LogP) is 3.76. The van der Waals surface area contributed by atoms with Crippen molar-refractivity contribution in [3.8, 4) is 0 Å². The first kappa shape index (κ1) is 15.4. The van der Waals surface area contributed by atoms with Crippen molar-refractivity contribution in [3.05, 3.63) is 29.6 Å². The van der Waals surface area contributed by atoms with E-state index >= 15 is 0 Å². The van der Waals surface area contributed by atoms with Crippen LogP contribution in [0, 0.1) is 11.3 Å². The van der Waals surface area contributed by atoms with Crippen molar-refractivity contribution in [2.75, 3.05) is 0 Å². The molecule has 3 nitrogen and oxygen atoms in total. The van der Waals surface area contributed by atoms with Gasteiger partial charge in [0.05, 0.1) is 11.8 Å². The fourth-order valence-electron chi connectivity index (χ4n) is 2.28. The molecule has 0 N–H and O–H groups in total. The molecule has 0 saturated heterocycles. The van der Waals surface area contributed by atoms with E-state index in [4.69, 9.17) is 4.43 Å². The Labute approximate surface area is 123 Å². The second kappa shape index (κ2) is 5.78. The Morgan fingerprint density at radius 1 is 1.35 bits per heavy atom. The molecule has 0 aromatic carbocycles. The quantitative estimate of drug-likeness (QED) is 0.612. The molecule has 1 aliphatic rings. The van der Waals surface area contributed by atoms with Crippen molar-refractivity contribution in [1.82, 2.24) is 4.98 Å². The van der Waals surface area contributed by atoms with Gasteiger partial charge < -0.3 is 4.43 Å². The summed E-state index contributed by atoms with van der Waals surface area (Å²) in [6.07, 6.45) is 3.79. The molecule has 1 aromatic rings. The second-order valence-electron chi connectivity index (χ2n) is 7.04. The van der Waals surface area contributed by atoms with Gasteiger partial charge >= 0.3 is 0 Å². The van der Waals surface area contributed by atoms with Crippen LogP contribution in [0.3, 0.4) is 0 Å². The SMILES string of the molecule is C[SiH](C)OC(c1ccc(C(=O)C2CC2)cn1)C(C)(C)C. The lowest BCUT2D eigenvalue weighted by Crippen LogP contribution is -2.26. The summed E-state index contributed by atoms with van der Waals surface area (Å²) in [5.74, 6) is 0.496. The number of pyridine rings is 1. The van der Waals surface area contributed by atoms with Gasteiger partial charge in [0.1, 0.15) is 0 Å². The van der Waals surface area contributed by atoms with Crippen molar-refractivity contribution in [3.63, 3.8) is 0 Å². The van der Waals surface area contributed by atoms with Crippen molar-refractivity contribution in [2.24, 2.45) is 11.3 Å². The number of carbonyl (C=O) groups excluding carboxylic acids is 1. The molecule has 0 bridgehead atoms. The third kappa shape index (κ3) is 3.76. The molecular weight excluding hydrogens is 266 g/mol. The average molecular weight is 291 g/mol. The molecule has 20 heavy (non-hydrogen) atoms. The topological polar surface area (TPSA) is 39.2 Å². The number of rotatable bonds is 5. The highest BCUT2D eigenvalue weighted by Crippen LogP contribution is 2.36. The molecule has 1 fully saturated rings. The van der Waals surface area contributed by atoms with Gasteiger partial charge in [-0.1, -0.05) is 20.8 Å². The Morgan fingerprint density at radius 2 is 2.00 bits per heavy atom. The molecule has 2 rings (SSSR count). The highest BCUT2D eigenvalue weighted by atomic mass is 28.3. The van der Waals surface area contributed by atoms with Crippen molar-refractivity contribution in [1.29, 1.82) is 0 Å². The minimum Gasteiger partial charge on any atom is -0.412 e. The first-order chi connectivity index (χ1) is 9.29. The maximum Gasteiger partial charge on any atom is 0.171 e. The van der Waals surface area contributed by atoms with Crippen molar-refractivity contribution in [2.45, 2.75) is 52.8 Å². The largest absolute Gasteiger partial charge is 0.412 e. The van der Waals surface area contributed by atoms with Crippen molar-refractivity contribution >= 4 is 14.8 Å². The third-order valence-electron chi connectivity index (χ3n) is 3.48. The number of nitrogens with zero attached hydrogens (tertiary/aromatic N) is 1. The van der Waals surface area contributed by atoms with E-state index in [1.165, 1.54) is 0 Å².